The lowest BCUT2D eigenvalue weighted by Crippen LogP contribution is -2.38. The molecule has 0 radical (unpaired) electrons. The maximum absolute atomic E-state index is 12.6. The fraction of sp³-hybridized carbons (Fsp3) is 0.522. The molecule has 0 saturated carbocycles. The molecule has 158 valence electrons. The van der Waals surface area contributed by atoms with E-state index in [9.17, 15) is 4.79 Å². The number of aromatic nitrogens is 3. The van der Waals surface area contributed by atoms with Crippen LogP contribution in [0.15, 0.2) is 35.4 Å². The summed E-state index contributed by atoms with van der Waals surface area (Å²) >= 11 is 0. The normalized spacial score (nSPS) is 18.1. The summed E-state index contributed by atoms with van der Waals surface area (Å²) in [6, 6.07) is 4.32. The minimum Gasteiger partial charge on any atom is -0.472 e. The van der Waals surface area contributed by atoms with Gasteiger partial charge in [0.05, 0.1) is 23.7 Å². The van der Waals surface area contributed by atoms with Gasteiger partial charge < -0.3 is 18.8 Å². The zero-order chi connectivity index (χ0) is 20.7. The summed E-state index contributed by atoms with van der Waals surface area (Å²) in [6.45, 7) is 7.98. The number of hydrogen-bond donors (Lipinski definition) is 0. The highest BCUT2D eigenvalue weighted by molar-refractivity contribution is 5.94. The molecule has 7 nitrogen and oxygen atoms in total. The van der Waals surface area contributed by atoms with E-state index in [0.29, 0.717) is 17.5 Å². The summed E-state index contributed by atoms with van der Waals surface area (Å²) in [4.78, 5) is 26.8. The van der Waals surface area contributed by atoms with E-state index in [2.05, 4.69) is 29.4 Å². The number of nitrogens with zero attached hydrogens (tertiary/aromatic N) is 5. The third kappa shape index (κ3) is 3.36. The van der Waals surface area contributed by atoms with Gasteiger partial charge in [0.1, 0.15) is 11.8 Å². The van der Waals surface area contributed by atoms with E-state index < -0.39 is 0 Å². The van der Waals surface area contributed by atoms with Crippen LogP contribution in [0.1, 0.15) is 67.5 Å². The fourth-order valence-corrected chi connectivity index (χ4v) is 4.75. The average Bonchev–Trinajstić information content (AvgIpc) is 3.54. The summed E-state index contributed by atoms with van der Waals surface area (Å²) in [5, 5.41) is 0. The molecule has 30 heavy (non-hydrogen) atoms. The predicted molar refractivity (Wildman–Crippen MR) is 116 cm³/mol. The molecule has 7 heteroatoms. The van der Waals surface area contributed by atoms with E-state index in [4.69, 9.17) is 14.4 Å². The van der Waals surface area contributed by atoms with Gasteiger partial charge in [-0.3, -0.25) is 4.79 Å². The number of pyridine rings is 1. The molecule has 0 spiro atoms. The first-order valence-corrected chi connectivity index (χ1v) is 11.1. The van der Waals surface area contributed by atoms with Crippen LogP contribution >= 0.6 is 0 Å². The molecular formula is C23H29N5O2. The van der Waals surface area contributed by atoms with Crippen LogP contribution in [-0.4, -0.2) is 51.5 Å². The molecule has 0 unspecified atom stereocenters. The topological polar surface area (TPSA) is 67.4 Å². The number of furan rings is 1. The van der Waals surface area contributed by atoms with Crippen molar-refractivity contribution < 1.29 is 9.21 Å². The van der Waals surface area contributed by atoms with Crippen LogP contribution in [0, 0.1) is 0 Å². The van der Waals surface area contributed by atoms with Crippen molar-refractivity contribution >= 4 is 22.8 Å². The van der Waals surface area contributed by atoms with Crippen molar-refractivity contribution in [3.05, 3.63) is 42.2 Å². The van der Waals surface area contributed by atoms with Gasteiger partial charge in [-0.15, -0.1) is 0 Å². The van der Waals surface area contributed by atoms with Gasteiger partial charge in [-0.05, 0) is 51.7 Å². The Morgan fingerprint density at radius 1 is 1.17 bits per heavy atom. The van der Waals surface area contributed by atoms with Gasteiger partial charge in [-0.1, -0.05) is 0 Å². The van der Waals surface area contributed by atoms with E-state index in [1.807, 2.05) is 11.2 Å². The number of fused-ring (bicyclic) bond motifs is 1. The number of carbonyl (C=O) groups excluding carboxylic acids is 1. The predicted octanol–water partition coefficient (Wildman–Crippen LogP) is 4.23. The highest BCUT2D eigenvalue weighted by Gasteiger charge is 2.28. The Bertz CT molecular complexity index is 1030. The van der Waals surface area contributed by atoms with Crippen molar-refractivity contribution in [1.29, 1.82) is 0 Å². The Kier molecular flexibility index (Phi) is 4.97. The van der Waals surface area contributed by atoms with Gasteiger partial charge in [0, 0.05) is 43.8 Å². The number of amides is 1. The Hall–Kier alpha value is -2.83. The van der Waals surface area contributed by atoms with Crippen molar-refractivity contribution in [2.24, 2.45) is 0 Å². The molecular weight excluding hydrogens is 378 g/mol. The quantitative estimate of drug-likeness (QED) is 0.648. The van der Waals surface area contributed by atoms with Gasteiger partial charge in [0.2, 0.25) is 0 Å². The number of carbonyl (C=O) groups is 1. The molecule has 0 atom stereocenters. The second-order valence-corrected chi connectivity index (χ2v) is 8.76. The molecule has 2 saturated heterocycles. The van der Waals surface area contributed by atoms with Gasteiger partial charge in [-0.2, -0.15) is 0 Å². The zero-order valence-electron chi connectivity index (χ0n) is 17.8. The smallest absolute Gasteiger partial charge is 0.257 e. The molecule has 2 aliphatic rings. The van der Waals surface area contributed by atoms with E-state index in [-0.39, 0.29) is 5.91 Å². The number of anilines is 1. The highest BCUT2D eigenvalue weighted by Crippen LogP contribution is 2.34. The number of rotatable bonds is 4. The van der Waals surface area contributed by atoms with E-state index in [1.54, 1.807) is 12.3 Å². The van der Waals surface area contributed by atoms with Gasteiger partial charge in [0.25, 0.3) is 5.91 Å². The largest absolute Gasteiger partial charge is 0.472 e. The minimum absolute atomic E-state index is 0.0567. The molecule has 0 aromatic carbocycles. The second-order valence-electron chi connectivity index (χ2n) is 8.76. The van der Waals surface area contributed by atoms with E-state index in [1.165, 1.54) is 24.6 Å². The van der Waals surface area contributed by atoms with Crippen molar-refractivity contribution in [3.63, 3.8) is 0 Å². The lowest BCUT2D eigenvalue weighted by molar-refractivity contribution is 0.0711. The van der Waals surface area contributed by atoms with Crippen LogP contribution in [0.2, 0.25) is 0 Å². The lowest BCUT2D eigenvalue weighted by atomic mass is 9.92. The van der Waals surface area contributed by atoms with Crippen molar-refractivity contribution in [3.8, 4) is 0 Å². The Morgan fingerprint density at radius 3 is 2.60 bits per heavy atom. The van der Waals surface area contributed by atoms with E-state index >= 15 is 0 Å². The standard InChI is InChI=1S/C23H29N5O2/c1-16(2)28-15-24-21-20(28)13-19(25-22(21)26-8-3-4-9-26)17-5-10-27(11-6-17)23(29)18-7-12-30-14-18/h7,12-17H,3-6,8-11H2,1-2H3. The SMILES string of the molecule is CC(C)n1cnc2c(N3CCCC3)nc(C3CCN(C(=O)c4ccoc4)CC3)cc21. The summed E-state index contributed by atoms with van der Waals surface area (Å²) < 4.78 is 7.32. The lowest BCUT2D eigenvalue weighted by Gasteiger charge is -2.32. The summed E-state index contributed by atoms with van der Waals surface area (Å²) in [6.07, 6.45) is 9.32. The number of imidazole rings is 1. The zero-order valence-corrected chi connectivity index (χ0v) is 17.8. The third-order valence-electron chi connectivity index (χ3n) is 6.49. The van der Waals surface area contributed by atoms with E-state index in [0.717, 1.165) is 56.0 Å². The van der Waals surface area contributed by atoms with Crippen molar-refractivity contribution in [2.75, 3.05) is 31.1 Å². The molecule has 0 N–H and O–H groups in total. The molecule has 5 rings (SSSR count). The first-order chi connectivity index (χ1) is 14.6. The minimum atomic E-state index is 0.0567. The summed E-state index contributed by atoms with van der Waals surface area (Å²) in [7, 11) is 0. The van der Waals surface area contributed by atoms with Crippen LogP contribution in [0.3, 0.4) is 0 Å². The van der Waals surface area contributed by atoms with Gasteiger partial charge in [0.15, 0.2) is 5.82 Å². The van der Waals surface area contributed by atoms with Gasteiger partial charge >= 0.3 is 0 Å². The molecule has 0 aliphatic carbocycles. The number of piperidine rings is 1. The third-order valence-corrected chi connectivity index (χ3v) is 6.49. The molecule has 5 heterocycles. The maximum Gasteiger partial charge on any atom is 0.257 e. The maximum atomic E-state index is 12.6. The number of likely N-dealkylation sites (tertiary alicyclic amines) is 1. The van der Waals surface area contributed by atoms with Crippen LogP contribution in [0.5, 0.6) is 0 Å². The first kappa shape index (κ1) is 19.2. The molecule has 1 amide bonds. The first-order valence-electron chi connectivity index (χ1n) is 11.1. The van der Waals surface area contributed by atoms with Crippen molar-refractivity contribution in [2.45, 2.75) is 51.5 Å². The second kappa shape index (κ2) is 7.78. The number of hydrogen-bond acceptors (Lipinski definition) is 5. The van der Waals surface area contributed by atoms with Crippen LogP contribution < -0.4 is 4.90 Å². The monoisotopic (exact) mass is 407 g/mol. The Morgan fingerprint density at radius 2 is 1.93 bits per heavy atom. The van der Waals surface area contributed by atoms with Gasteiger partial charge in [-0.25, -0.2) is 9.97 Å². The molecule has 3 aromatic heterocycles. The van der Waals surface area contributed by atoms with Crippen LogP contribution in [0.4, 0.5) is 5.82 Å². The Labute approximate surface area is 176 Å². The summed E-state index contributed by atoms with van der Waals surface area (Å²) in [5.74, 6) is 1.46. The highest BCUT2D eigenvalue weighted by atomic mass is 16.3. The molecule has 2 aliphatic heterocycles. The fourth-order valence-electron chi connectivity index (χ4n) is 4.75. The average molecular weight is 408 g/mol. The molecule has 3 aromatic rings. The van der Waals surface area contributed by atoms with Crippen LogP contribution in [0.25, 0.3) is 11.0 Å². The molecule has 0 bridgehead atoms. The van der Waals surface area contributed by atoms with Crippen LogP contribution in [-0.2, 0) is 0 Å². The van der Waals surface area contributed by atoms with Crippen molar-refractivity contribution in [1.82, 2.24) is 19.4 Å². The Balaban J connectivity index is 1.43. The molecule has 2 fully saturated rings. The summed E-state index contributed by atoms with van der Waals surface area (Å²) in [5.41, 5.74) is 3.96.